The van der Waals surface area contributed by atoms with Gasteiger partial charge in [0.05, 0.1) is 11.7 Å². The molecule has 21 heavy (non-hydrogen) atoms. The largest absolute Gasteiger partial charge is 0.366 e. The summed E-state index contributed by atoms with van der Waals surface area (Å²) in [7, 11) is -0.961. The number of hydrogen-bond acceptors (Lipinski definition) is 2. The van der Waals surface area contributed by atoms with Crippen LogP contribution in [0.1, 0.15) is 57.8 Å². The first-order valence-corrected chi connectivity index (χ1v) is 13.6. The van der Waals surface area contributed by atoms with Gasteiger partial charge in [0.25, 0.3) is 0 Å². The third-order valence-corrected chi connectivity index (χ3v) is 7.03. The van der Waals surface area contributed by atoms with Crippen molar-refractivity contribution < 1.29 is 4.74 Å². The molecule has 0 aromatic heterocycles. The molecule has 0 amide bonds. The van der Waals surface area contributed by atoms with Gasteiger partial charge in [-0.05, 0) is 18.9 Å². The van der Waals surface area contributed by atoms with Gasteiger partial charge in [-0.15, -0.1) is 0 Å². The van der Waals surface area contributed by atoms with Gasteiger partial charge >= 0.3 is 0 Å². The predicted molar refractivity (Wildman–Crippen MR) is 99.9 cm³/mol. The van der Waals surface area contributed by atoms with Crippen molar-refractivity contribution in [3.63, 3.8) is 0 Å². The fourth-order valence-electron chi connectivity index (χ4n) is 2.72. The van der Waals surface area contributed by atoms with Crippen LogP contribution in [0.4, 0.5) is 0 Å². The first-order chi connectivity index (χ1) is 9.99. The van der Waals surface area contributed by atoms with E-state index in [1.54, 1.807) is 0 Å². The zero-order valence-corrected chi connectivity index (χ0v) is 17.1. The van der Waals surface area contributed by atoms with Crippen molar-refractivity contribution in [2.75, 3.05) is 19.9 Å². The molecule has 0 radical (unpaired) electrons. The Hall–Kier alpha value is 0.617. The highest BCUT2D eigenvalue weighted by Crippen LogP contribution is 2.20. The maximum atomic E-state index is 5.97. The minimum atomic E-state index is -0.961. The fraction of sp³-hybridized carbons (Fsp3) is 1.00. The molecular weight excluding hydrogens is 342 g/mol. The number of nitrogens with zero attached hydrogens (tertiary/aromatic N) is 1. The Balaban J connectivity index is 2.31. The highest BCUT2D eigenvalue weighted by atomic mass is 79.9. The van der Waals surface area contributed by atoms with E-state index in [0.717, 1.165) is 13.3 Å². The maximum absolute atomic E-state index is 5.97. The molecule has 1 saturated heterocycles. The summed E-state index contributed by atoms with van der Waals surface area (Å²) in [4.78, 5) is 3.01. The monoisotopic (exact) mass is 377 g/mol. The summed E-state index contributed by atoms with van der Waals surface area (Å²) >= 11 is 3.89. The quantitative estimate of drug-likeness (QED) is 0.258. The zero-order chi connectivity index (χ0) is 15.6. The van der Waals surface area contributed by atoms with Crippen LogP contribution < -0.4 is 0 Å². The number of halogens is 1. The average Bonchev–Trinajstić information content (AvgIpc) is 2.40. The van der Waals surface area contributed by atoms with Gasteiger partial charge in [-0.25, -0.2) is 0 Å². The van der Waals surface area contributed by atoms with Crippen molar-refractivity contribution in [1.29, 1.82) is 0 Å². The maximum Gasteiger partial charge on any atom is 0.0998 e. The van der Waals surface area contributed by atoms with E-state index < -0.39 is 8.07 Å². The molecular formula is C17H36BrNOSi. The molecule has 1 aliphatic rings. The molecule has 2 nitrogen and oxygen atoms in total. The smallest absolute Gasteiger partial charge is 0.0998 e. The van der Waals surface area contributed by atoms with Crippen LogP contribution in [0.3, 0.4) is 0 Å². The van der Waals surface area contributed by atoms with Gasteiger partial charge in [0, 0.05) is 21.2 Å². The average molecular weight is 378 g/mol. The van der Waals surface area contributed by atoms with Crippen molar-refractivity contribution >= 4 is 24.0 Å². The van der Waals surface area contributed by atoms with E-state index in [1.165, 1.54) is 70.4 Å². The lowest BCUT2D eigenvalue weighted by molar-refractivity contribution is 0.0270. The lowest BCUT2D eigenvalue weighted by atomic mass is 10.1. The SMILES string of the molecule is C[Si](C)(C)CCOCN1CCCCCCCCCCC1Br. The lowest BCUT2D eigenvalue weighted by Crippen LogP contribution is -2.35. The summed E-state index contributed by atoms with van der Waals surface area (Å²) in [6.07, 6.45) is 12.4. The van der Waals surface area contributed by atoms with E-state index in [-0.39, 0.29) is 0 Å². The fourth-order valence-corrected chi connectivity index (χ4v) is 4.12. The van der Waals surface area contributed by atoms with Gasteiger partial charge in [-0.2, -0.15) is 0 Å². The Morgan fingerprint density at radius 3 is 2.14 bits per heavy atom. The van der Waals surface area contributed by atoms with Crippen LogP contribution in [0.15, 0.2) is 0 Å². The van der Waals surface area contributed by atoms with Gasteiger partial charge in [0.1, 0.15) is 0 Å². The molecule has 0 spiro atoms. The van der Waals surface area contributed by atoms with Crippen LogP contribution >= 0.6 is 15.9 Å². The topological polar surface area (TPSA) is 12.5 Å². The molecule has 0 aromatic rings. The van der Waals surface area contributed by atoms with Gasteiger partial charge in [0.2, 0.25) is 0 Å². The second-order valence-corrected chi connectivity index (χ2v) is 14.4. The van der Waals surface area contributed by atoms with Crippen LogP contribution in [-0.2, 0) is 4.74 Å². The molecule has 1 aliphatic heterocycles. The molecule has 1 rings (SSSR count). The Morgan fingerprint density at radius 2 is 1.52 bits per heavy atom. The molecule has 0 bridgehead atoms. The van der Waals surface area contributed by atoms with Gasteiger partial charge < -0.3 is 4.74 Å². The van der Waals surface area contributed by atoms with Crippen LogP contribution in [-0.4, -0.2) is 37.8 Å². The van der Waals surface area contributed by atoms with Gasteiger partial charge in [-0.3, -0.25) is 4.90 Å². The number of rotatable bonds is 5. The standard InChI is InChI=1S/C17H36BrNOSi/c1-21(2,3)15-14-20-16-19-13-11-9-7-5-4-6-8-10-12-17(19)18/h17H,4-16H2,1-3H3. The van der Waals surface area contributed by atoms with Crippen molar-refractivity contribution in [1.82, 2.24) is 4.90 Å². The van der Waals surface area contributed by atoms with E-state index in [9.17, 15) is 0 Å². The predicted octanol–water partition coefficient (Wildman–Crippen LogP) is 5.85. The van der Waals surface area contributed by atoms with E-state index in [1.807, 2.05) is 0 Å². The van der Waals surface area contributed by atoms with Crippen LogP contribution in [0.5, 0.6) is 0 Å². The third kappa shape index (κ3) is 10.9. The van der Waals surface area contributed by atoms with Gasteiger partial charge in [-0.1, -0.05) is 80.5 Å². The van der Waals surface area contributed by atoms with E-state index in [0.29, 0.717) is 4.95 Å². The normalized spacial score (nSPS) is 24.3. The molecule has 0 N–H and O–H groups in total. The number of ether oxygens (including phenoxy) is 1. The van der Waals surface area contributed by atoms with Crippen LogP contribution in [0, 0.1) is 0 Å². The summed E-state index contributed by atoms with van der Waals surface area (Å²) in [6.45, 7) is 10.2. The van der Waals surface area contributed by atoms with E-state index in [2.05, 4.69) is 40.5 Å². The Labute approximate surface area is 142 Å². The third-order valence-electron chi connectivity index (χ3n) is 4.29. The molecule has 4 heteroatoms. The molecule has 1 atom stereocenters. The minimum absolute atomic E-state index is 0.504. The summed E-state index contributed by atoms with van der Waals surface area (Å²) < 4.78 is 5.97. The van der Waals surface area contributed by atoms with Crippen molar-refractivity contribution in [2.24, 2.45) is 0 Å². The Kier molecular flexibility index (Phi) is 10.5. The molecule has 0 aromatic carbocycles. The zero-order valence-electron chi connectivity index (χ0n) is 14.5. The van der Waals surface area contributed by atoms with Crippen LogP contribution in [0.2, 0.25) is 25.7 Å². The summed E-state index contributed by atoms with van der Waals surface area (Å²) in [5.74, 6) is 0. The molecule has 0 aliphatic carbocycles. The minimum Gasteiger partial charge on any atom is -0.366 e. The molecule has 1 fully saturated rings. The number of hydrogen-bond donors (Lipinski definition) is 0. The lowest BCUT2D eigenvalue weighted by Gasteiger charge is -2.28. The van der Waals surface area contributed by atoms with Gasteiger partial charge in [0.15, 0.2) is 0 Å². The van der Waals surface area contributed by atoms with E-state index in [4.69, 9.17) is 4.74 Å². The summed E-state index contributed by atoms with van der Waals surface area (Å²) in [5.41, 5.74) is 0. The van der Waals surface area contributed by atoms with Crippen LogP contribution in [0.25, 0.3) is 0 Å². The van der Waals surface area contributed by atoms with Crippen molar-refractivity contribution in [2.45, 2.75) is 88.4 Å². The molecule has 126 valence electrons. The molecule has 0 saturated carbocycles. The molecule has 1 unspecified atom stereocenters. The van der Waals surface area contributed by atoms with Crippen molar-refractivity contribution in [3.05, 3.63) is 0 Å². The van der Waals surface area contributed by atoms with E-state index >= 15 is 0 Å². The Morgan fingerprint density at radius 1 is 0.952 bits per heavy atom. The Bertz CT molecular complexity index is 258. The molecule has 1 heterocycles. The second-order valence-electron chi connectivity index (χ2n) is 7.71. The van der Waals surface area contributed by atoms with Crippen molar-refractivity contribution in [3.8, 4) is 0 Å². The first-order valence-electron chi connectivity index (χ1n) is 8.95. The first kappa shape index (κ1) is 19.7. The number of alkyl halides is 1. The highest BCUT2D eigenvalue weighted by molar-refractivity contribution is 9.09. The second kappa shape index (κ2) is 11.2. The summed E-state index contributed by atoms with van der Waals surface area (Å²) in [6, 6.07) is 1.27. The highest BCUT2D eigenvalue weighted by Gasteiger charge is 2.17. The summed E-state index contributed by atoms with van der Waals surface area (Å²) in [5, 5.41) is 0.